The first-order valence-electron chi connectivity index (χ1n) is 7.09. The van der Waals surface area contributed by atoms with Gasteiger partial charge in [-0.2, -0.15) is 0 Å². The second kappa shape index (κ2) is 6.23. The molecule has 1 aliphatic carbocycles. The van der Waals surface area contributed by atoms with Crippen molar-refractivity contribution in [1.29, 1.82) is 0 Å². The summed E-state index contributed by atoms with van der Waals surface area (Å²) in [7, 11) is 1.73. The summed E-state index contributed by atoms with van der Waals surface area (Å²) in [6, 6.07) is 4.45. The highest BCUT2D eigenvalue weighted by molar-refractivity contribution is 5.46. The van der Waals surface area contributed by atoms with Crippen molar-refractivity contribution in [2.45, 2.75) is 45.4 Å². The van der Waals surface area contributed by atoms with Crippen LogP contribution in [0.5, 0.6) is 5.75 Å². The van der Waals surface area contributed by atoms with Gasteiger partial charge in [0.2, 0.25) is 0 Å². The number of allylic oxidation sites excluding steroid dienone is 2. The molecule has 1 nitrogen and oxygen atoms in total. The van der Waals surface area contributed by atoms with E-state index in [0.717, 1.165) is 25.0 Å². The molecule has 0 heterocycles. The average Bonchev–Trinajstić information content (AvgIpc) is 2.60. The van der Waals surface area contributed by atoms with Gasteiger partial charge in [-0.3, -0.25) is 4.39 Å². The van der Waals surface area contributed by atoms with Crippen molar-refractivity contribution in [3.8, 4) is 5.75 Å². The standard InChI is InChI=1S/C17H23FO/c1-12(2)16-10-14-6-4-13(8-9-18)5-7-15(14)11-17(16)19-3/h4,10-12H,5-9H2,1-3H3. The number of fused-ring (bicyclic) bond motifs is 1. The summed E-state index contributed by atoms with van der Waals surface area (Å²) in [5.41, 5.74) is 5.25. The molecule has 0 fully saturated rings. The molecule has 0 N–H and O–H groups in total. The molecule has 0 atom stereocenters. The van der Waals surface area contributed by atoms with E-state index in [1.165, 1.54) is 22.3 Å². The lowest BCUT2D eigenvalue weighted by atomic mass is 9.94. The summed E-state index contributed by atoms with van der Waals surface area (Å²) in [6.45, 7) is 4.12. The fourth-order valence-corrected chi connectivity index (χ4v) is 2.74. The molecular formula is C17H23FO. The van der Waals surface area contributed by atoms with Gasteiger partial charge < -0.3 is 4.74 Å². The van der Waals surface area contributed by atoms with Crippen LogP contribution in [0.15, 0.2) is 23.8 Å². The number of aryl methyl sites for hydroxylation is 1. The SMILES string of the molecule is COc1cc2c(cc1C(C)C)CC=C(CCF)CC2. The highest BCUT2D eigenvalue weighted by atomic mass is 19.1. The molecule has 0 bridgehead atoms. The second-order valence-electron chi connectivity index (χ2n) is 5.52. The minimum atomic E-state index is -0.247. The van der Waals surface area contributed by atoms with E-state index in [-0.39, 0.29) is 6.67 Å². The first-order chi connectivity index (χ1) is 9.15. The van der Waals surface area contributed by atoms with Crippen molar-refractivity contribution >= 4 is 0 Å². The Kier molecular flexibility index (Phi) is 4.62. The molecule has 19 heavy (non-hydrogen) atoms. The molecule has 0 unspecified atom stereocenters. The predicted molar refractivity (Wildman–Crippen MR) is 77.8 cm³/mol. The van der Waals surface area contributed by atoms with E-state index in [2.05, 4.69) is 32.1 Å². The van der Waals surface area contributed by atoms with Crippen LogP contribution >= 0.6 is 0 Å². The molecule has 0 amide bonds. The van der Waals surface area contributed by atoms with E-state index in [0.29, 0.717) is 12.3 Å². The van der Waals surface area contributed by atoms with Crippen LogP contribution in [0.1, 0.15) is 49.3 Å². The maximum atomic E-state index is 12.5. The largest absolute Gasteiger partial charge is 0.496 e. The van der Waals surface area contributed by atoms with Gasteiger partial charge in [-0.25, -0.2) is 0 Å². The molecule has 0 saturated heterocycles. The van der Waals surface area contributed by atoms with Crippen molar-refractivity contribution in [3.05, 3.63) is 40.5 Å². The van der Waals surface area contributed by atoms with E-state index in [1.54, 1.807) is 7.11 Å². The Morgan fingerprint density at radius 2 is 2.00 bits per heavy atom. The Labute approximate surface area is 115 Å². The van der Waals surface area contributed by atoms with Gasteiger partial charge in [-0.05, 0) is 54.4 Å². The lowest BCUT2D eigenvalue weighted by Crippen LogP contribution is -2.00. The number of ether oxygens (including phenoxy) is 1. The molecule has 0 saturated carbocycles. The highest BCUT2D eigenvalue weighted by Gasteiger charge is 2.15. The topological polar surface area (TPSA) is 9.23 Å². The normalized spacial score (nSPS) is 14.9. The van der Waals surface area contributed by atoms with Gasteiger partial charge in [-0.1, -0.05) is 31.6 Å². The quantitative estimate of drug-likeness (QED) is 0.721. The zero-order chi connectivity index (χ0) is 13.8. The molecule has 2 heteroatoms. The van der Waals surface area contributed by atoms with Crippen LogP contribution in [0.3, 0.4) is 0 Å². The molecule has 0 aliphatic heterocycles. The summed E-state index contributed by atoms with van der Waals surface area (Å²) in [6.07, 6.45) is 5.69. The third-order valence-corrected chi connectivity index (χ3v) is 3.92. The molecular weight excluding hydrogens is 239 g/mol. The Bertz CT molecular complexity index is 474. The van der Waals surface area contributed by atoms with Gasteiger partial charge >= 0.3 is 0 Å². The monoisotopic (exact) mass is 262 g/mol. The third kappa shape index (κ3) is 3.17. The number of hydrogen-bond acceptors (Lipinski definition) is 1. The fraction of sp³-hybridized carbons (Fsp3) is 0.529. The van der Waals surface area contributed by atoms with Crippen molar-refractivity contribution in [2.75, 3.05) is 13.8 Å². The van der Waals surface area contributed by atoms with E-state index in [1.807, 2.05) is 0 Å². The van der Waals surface area contributed by atoms with Gasteiger partial charge in [0.15, 0.2) is 0 Å². The van der Waals surface area contributed by atoms with Crippen LogP contribution < -0.4 is 4.74 Å². The molecule has 104 valence electrons. The Morgan fingerprint density at radius 3 is 2.63 bits per heavy atom. The molecule has 1 aromatic rings. The highest BCUT2D eigenvalue weighted by Crippen LogP contribution is 2.32. The maximum Gasteiger partial charge on any atom is 0.122 e. The molecule has 0 aromatic heterocycles. The summed E-state index contributed by atoms with van der Waals surface area (Å²) in [4.78, 5) is 0. The molecule has 0 spiro atoms. The van der Waals surface area contributed by atoms with Gasteiger partial charge in [0, 0.05) is 0 Å². The Morgan fingerprint density at radius 1 is 1.21 bits per heavy atom. The minimum Gasteiger partial charge on any atom is -0.496 e. The van der Waals surface area contributed by atoms with Crippen LogP contribution in [0.25, 0.3) is 0 Å². The van der Waals surface area contributed by atoms with Crippen molar-refractivity contribution in [2.24, 2.45) is 0 Å². The second-order valence-corrected chi connectivity index (χ2v) is 5.52. The molecule has 0 radical (unpaired) electrons. The van der Waals surface area contributed by atoms with Crippen molar-refractivity contribution in [1.82, 2.24) is 0 Å². The number of hydrogen-bond donors (Lipinski definition) is 0. The lowest BCUT2D eigenvalue weighted by molar-refractivity contribution is 0.407. The zero-order valence-corrected chi connectivity index (χ0v) is 12.1. The third-order valence-electron chi connectivity index (χ3n) is 3.92. The Hall–Kier alpha value is -1.31. The van der Waals surface area contributed by atoms with Gasteiger partial charge in [0.05, 0.1) is 13.8 Å². The number of rotatable bonds is 4. The van der Waals surface area contributed by atoms with Crippen LogP contribution in [0.2, 0.25) is 0 Å². The van der Waals surface area contributed by atoms with Crippen LogP contribution in [0.4, 0.5) is 4.39 Å². The summed E-state index contributed by atoms with van der Waals surface area (Å²) in [5.74, 6) is 1.44. The zero-order valence-electron chi connectivity index (χ0n) is 12.1. The van der Waals surface area contributed by atoms with E-state index >= 15 is 0 Å². The molecule has 1 aromatic carbocycles. The molecule has 2 rings (SSSR count). The van der Waals surface area contributed by atoms with Crippen LogP contribution in [-0.2, 0) is 12.8 Å². The van der Waals surface area contributed by atoms with Crippen LogP contribution in [0, 0.1) is 0 Å². The fourth-order valence-electron chi connectivity index (χ4n) is 2.74. The first kappa shape index (κ1) is 14.1. The van der Waals surface area contributed by atoms with E-state index in [9.17, 15) is 4.39 Å². The van der Waals surface area contributed by atoms with Crippen LogP contribution in [-0.4, -0.2) is 13.8 Å². The predicted octanol–water partition coefficient (Wildman–Crippen LogP) is 4.59. The van der Waals surface area contributed by atoms with Crippen molar-refractivity contribution in [3.63, 3.8) is 0 Å². The van der Waals surface area contributed by atoms with E-state index in [4.69, 9.17) is 4.74 Å². The first-order valence-corrected chi connectivity index (χ1v) is 7.09. The smallest absolute Gasteiger partial charge is 0.122 e. The molecule has 1 aliphatic rings. The average molecular weight is 262 g/mol. The number of alkyl halides is 1. The minimum absolute atomic E-state index is 0.247. The maximum absolute atomic E-state index is 12.5. The summed E-state index contributed by atoms with van der Waals surface area (Å²) in [5, 5.41) is 0. The number of methoxy groups -OCH3 is 1. The summed E-state index contributed by atoms with van der Waals surface area (Å²) < 4.78 is 18.0. The van der Waals surface area contributed by atoms with Gasteiger partial charge in [-0.15, -0.1) is 0 Å². The lowest BCUT2D eigenvalue weighted by Gasteiger charge is -2.16. The Balaban J connectivity index is 2.33. The van der Waals surface area contributed by atoms with E-state index < -0.39 is 0 Å². The van der Waals surface area contributed by atoms with Gasteiger partial charge in [0.1, 0.15) is 5.75 Å². The summed E-state index contributed by atoms with van der Waals surface area (Å²) >= 11 is 0. The number of benzene rings is 1. The number of halogens is 1. The van der Waals surface area contributed by atoms with Crippen molar-refractivity contribution < 1.29 is 9.13 Å². The van der Waals surface area contributed by atoms with Gasteiger partial charge in [0.25, 0.3) is 0 Å².